The maximum Gasteiger partial charge on any atom is 0.282 e. The fourth-order valence-electron chi connectivity index (χ4n) is 4.60. The Hall–Kier alpha value is -2.23. The van der Waals surface area contributed by atoms with E-state index in [1.165, 1.54) is 10.7 Å². The third kappa shape index (κ3) is 4.68. The molecule has 2 aromatic rings. The van der Waals surface area contributed by atoms with Gasteiger partial charge in [-0.2, -0.15) is 22.1 Å². The van der Waals surface area contributed by atoms with E-state index in [1.54, 1.807) is 39.4 Å². The molecule has 1 aromatic carbocycles. The summed E-state index contributed by atoms with van der Waals surface area (Å²) in [5.41, 5.74) is 0.864. The van der Waals surface area contributed by atoms with E-state index in [2.05, 4.69) is 5.10 Å². The Balaban J connectivity index is 1.44. The molecule has 1 saturated heterocycles. The summed E-state index contributed by atoms with van der Waals surface area (Å²) in [6, 6.07) is 10.9. The zero-order chi connectivity index (χ0) is 21.8. The van der Waals surface area contributed by atoms with Crippen LogP contribution in [-0.2, 0) is 15.0 Å². The number of hydrogen-bond acceptors (Lipinski definition) is 4. The van der Waals surface area contributed by atoms with Crippen LogP contribution in [-0.4, -0.2) is 76.9 Å². The lowest BCUT2D eigenvalue weighted by Crippen LogP contribution is -2.56. The Bertz CT molecular complexity index is 950. The van der Waals surface area contributed by atoms with E-state index < -0.39 is 16.3 Å². The molecule has 0 bridgehead atoms. The second kappa shape index (κ2) is 9.50. The number of carbonyl (C=O) groups is 1. The number of rotatable bonds is 6. The third-order valence-electron chi connectivity index (χ3n) is 6.47. The van der Waals surface area contributed by atoms with Crippen molar-refractivity contribution in [1.29, 1.82) is 0 Å². The van der Waals surface area contributed by atoms with Crippen LogP contribution in [0.3, 0.4) is 0 Å². The second-order valence-corrected chi connectivity index (χ2v) is 10.3. The summed E-state index contributed by atoms with van der Waals surface area (Å²) >= 11 is 0. The number of aromatic nitrogens is 2. The van der Waals surface area contributed by atoms with Crippen LogP contribution in [0, 0.1) is 0 Å². The van der Waals surface area contributed by atoms with Gasteiger partial charge >= 0.3 is 0 Å². The summed E-state index contributed by atoms with van der Waals surface area (Å²) in [7, 11) is -1.81. The first-order chi connectivity index (χ1) is 15.0. The molecule has 0 N–H and O–H groups in total. The first-order valence-electron chi connectivity index (χ1n) is 11.0. The minimum atomic E-state index is -3.52. The molecule has 168 valence electrons. The van der Waals surface area contributed by atoms with Gasteiger partial charge in [-0.15, -0.1) is 0 Å². The van der Waals surface area contributed by atoms with Crippen LogP contribution < -0.4 is 0 Å². The van der Waals surface area contributed by atoms with Gasteiger partial charge in [-0.05, 0) is 24.5 Å². The molecule has 1 aromatic heterocycles. The van der Waals surface area contributed by atoms with Crippen LogP contribution in [0.1, 0.15) is 43.7 Å². The summed E-state index contributed by atoms with van der Waals surface area (Å²) in [5.74, 6) is -0.0624. The van der Waals surface area contributed by atoms with E-state index >= 15 is 0 Å². The normalized spacial score (nSPS) is 20.1. The lowest BCUT2D eigenvalue weighted by Gasteiger charge is -2.39. The van der Waals surface area contributed by atoms with Gasteiger partial charge in [-0.1, -0.05) is 49.6 Å². The Morgan fingerprint density at radius 1 is 1.03 bits per heavy atom. The van der Waals surface area contributed by atoms with E-state index in [9.17, 15) is 13.2 Å². The van der Waals surface area contributed by atoms with Gasteiger partial charge in [0.05, 0.1) is 0 Å². The molecule has 0 radical (unpaired) electrons. The van der Waals surface area contributed by atoms with Crippen LogP contribution in [0.25, 0.3) is 0 Å². The van der Waals surface area contributed by atoms with Crippen molar-refractivity contribution < 1.29 is 13.2 Å². The molecule has 1 amide bonds. The molecule has 9 heteroatoms. The lowest BCUT2D eigenvalue weighted by atomic mass is 9.96. The quantitative estimate of drug-likeness (QED) is 0.682. The first kappa shape index (κ1) is 22.0. The molecule has 8 nitrogen and oxygen atoms in total. The standard InChI is InChI=1S/C22H31N5O3S/c1-24(20-11-6-3-7-12-20)31(29,30)26-17-15-25(16-18-26)22(28)21(27-14-8-13-23-27)19-9-4-2-5-10-19/h2,4-5,8-10,13-14,20-21H,3,6-7,11-12,15-18H2,1H3. The number of amides is 1. The van der Waals surface area contributed by atoms with Crippen molar-refractivity contribution in [3.63, 3.8) is 0 Å². The lowest BCUT2D eigenvalue weighted by molar-refractivity contribution is -0.135. The molecule has 1 atom stereocenters. The molecule has 0 spiro atoms. The Morgan fingerprint density at radius 3 is 2.32 bits per heavy atom. The van der Waals surface area contributed by atoms with E-state index in [1.807, 2.05) is 30.3 Å². The average Bonchev–Trinajstić information content (AvgIpc) is 3.34. The molecule has 1 unspecified atom stereocenters. The van der Waals surface area contributed by atoms with E-state index in [4.69, 9.17) is 0 Å². The molecule has 1 aliphatic heterocycles. The summed E-state index contributed by atoms with van der Waals surface area (Å²) in [4.78, 5) is 15.2. The van der Waals surface area contributed by atoms with E-state index in [0.29, 0.717) is 26.2 Å². The molecular formula is C22H31N5O3S. The zero-order valence-corrected chi connectivity index (χ0v) is 18.8. The van der Waals surface area contributed by atoms with Crippen molar-refractivity contribution in [3.05, 3.63) is 54.4 Å². The number of hydrogen-bond donors (Lipinski definition) is 0. The second-order valence-electron chi connectivity index (χ2n) is 8.34. The van der Waals surface area contributed by atoms with Crippen molar-refractivity contribution in [1.82, 2.24) is 23.3 Å². The predicted octanol–water partition coefficient (Wildman–Crippen LogP) is 2.13. The molecule has 2 heterocycles. The highest BCUT2D eigenvalue weighted by Gasteiger charge is 2.37. The maximum absolute atomic E-state index is 13.4. The molecule has 2 aliphatic rings. The largest absolute Gasteiger partial charge is 0.338 e. The fraction of sp³-hybridized carbons (Fsp3) is 0.545. The fourth-order valence-corrected chi connectivity index (χ4v) is 6.18. The molecule has 2 fully saturated rings. The summed E-state index contributed by atoms with van der Waals surface area (Å²) in [5, 5.41) is 4.29. The zero-order valence-electron chi connectivity index (χ0n) is 18.0. The monoisotopic (exact) mass is 445 g/mol. The smallest absolute Gasteiger partial charge is 0.282 e. The highest BCUT2D eigenvalue weighted by atomic mass is 32.2. The van der Waals surface area contributed by atoms with Crippen molar-refractivity contribution in [2.24, 2.45) is 0 Å². The van der Waals surface area contributed by atoms with Crippen LogP contribution in [0.5, 0.6) is 0 Å². The van der Waals surface area contributed by atoms with E-state index in [-0.39, 0.29) is 11.9 Å². The van der Waals surface area contributed by atoms with Crippen molar-refractivity contribution in [2.45, 2.75) is 44.2 Å². The van der Waals surface area contributed by atoms with Gasteiger partial charge in [0.15, 0.2) is 6.04 Å². The topological polar surface area (TPSA) is 78.8 Å². The average molecular weight is 446 g/mol. The minimum Gasteiger partial charge on any atom is -0.338 e. The van der Waals surface area contributed by atoms with Gasteiger partial charge in [-0.3, -0.25) is 9.48 Å². The van der Waals surface area contributed by atoms with E-state index in [0.717, 1.165) is 31.2 Å². The minimum absolute atomic E-state index is 0.0624. The summed E-state index contributed by atoms with van der Waals surface area (Å²) in [6.07, 6.45) is 8.66. The van der Waals surface area contributed by atoms with Gasteiger partial charge in [0.2, 0.25) is 0 Å². The van der Waals surface area contributed by atoms with Crippen LogP contribution in [0.15, 0.2) is 48.8 Å². The highest BCUT2D eigenvalue weighted by molar-refractivity contribution is 7.86. The molecule has 31 heavy (non-hydrogen) atoms. The Labute approximate surface area is 184 Å². The van der Waals surface area contributed by atoms with Gasteiger partial charge < -0.3 is 4.90 Å². The summed E-state index contributed by atoms with van der Waals surface area (Å²) in [6.45, 7) is 1.37. The number of carbonyl (C=O) groups excluding carboxylic acids is 1. The van der Waals surface area contributed by atoms with Gasteiger partial charge in [0.1, 0.15) is 0 Å². The molecule has 4 rings (SSSR count). The van der Waals surface area contributed by atoms with Gasteiger partial charge in [0.25, 0.3) is 16.1 Å². The van der Waals surface area contributed by atoms with Crippen LogP contribution in [0.4, 0.5) is 0 Å². The Morgan fingerprint density at radius 2 is 1.71 bits per heavy atom. The maximum atomic E-state index is 13.4. The number of piperazine rings is 1. The van der Waals surface area contributed by atoms with Crippen LogP contribution >= 0.6 is 0 Å². The SMILES string of the molecule is CN(C1CCCCC1)S(=O)(=O)N1CCN(C(=O)C(c2ccccc2)n2cccn2)CC1. The molecule has 1 saturated carbocycles. The van der Waals surface area contributed by atoms with Crippen molar-refractivity contribution in [2.75, 3.05) is 33.2 Å². The Kier molecular flexibility index (Phi) is 6.74. The van der Waals surface area contributed by atoms with Gasteiger partial charge in [-0.25, -0.2) is 0 Å². The highest BCUT2D eigenvalue weighted by Crippen LogP contribution is 2.26. The third-order valence-corrected chi connectivity index (χ3v) is 8.51. The number of benzene rings is 1. The van der Waals surface area contributed by atoms with Crippen molar-refractivity contribution >= 4 is 16.1 Å². The first-order valence-corrected chi connectivity index (χ1v) is 12.4. The van der Waals surface area contributed by atoms with Crippen LogP contribution in [0.2, 0.25) is 0 Å². The molecule has 1 aliphatic carbocycles. The number of nitrogens with zero attached hydrogens (tertiary/aromatic N) is 5. The summed E-state index contributed by atoms with van der Waals surface area (Å²) < 4.78 is 31.0. The molecular weight excluding hydrogens is 414 g/mol. The van der Waals surface area contributed by atoms with Crippen molar-refractivity contribution in [3.8, 4) is 0 Å². The predicted molar refractivity (Wildman–Crippen MR) is 119 cm³/mol. The van der Waals surface area contributed by atoms with Gasteiger partial charge in [0, 0.05) is 51.7 Å².